The minimum Gasteiger partial charge on any atom is -0.484 e. The Morgan fingerprint density at radius 1 is 0.968 bits per heavy atom. The van der Waals surface area contributed by atoms with E-state index in [9.17, 15) is 18.0 Å². The highest BCUT2D eigenvalue weighted by molar-refractivity contribution is 7.89. The maximum atomic E-state index is 12.5. The van der Waals surface area contributed by atoms with E-state index in [1.807, 2.05) is 6.92 Å². The second kappa shape index (κ2) is 11.4. The lowest BCUT2D eigenvalue weighted by atomic mass is 10.1. The van der Waals surface area contributed by atoms with Gasteiger partial charge in [-0.25, -0.2) is 8.42 Å². The lowest BCUT2D eigenvalue weighted by molar-refractivity contribution is -0.122. The third-order valence-electron chi connectivity index (χ3n) is 4.53. The van der Waals surface area contributed by atoms with Gasteiger partial charge in [-0.15, -0.1) is 0 Å². The Morgan fingerprint density at radius 2 is 1.58 bits per heavy atom. The maximum absolute atomic E-state index is 12.5. The third kappa shape index (κ3) is 6.77. The van der Waals surface area contributed by atoms with Crippen molar-refractivity contribution >= 4 is 27.8 Å². The molecule has 0 aliphatic rings. The second-order valence-corrected chi connectivity index (χ2v) is 8.56. The molecule has 2 aromatic carbocycles. The van der Waals surface area contributed by atoms with Crippen molar-refractivity contribution in [3.05, 3.63) is 65.7 Å². The number of benzene rings is 2. The van der Waals surface area contributed by atoms with Crippen LogP contribution in [0.25, 0.3) is 6.08 Å². The molecule has 0 heterocycles. The summed E-state index contributed by atoms with van der Waals surface area (Å²) in [6.07, 6.45) is 3.09. The summed E-state index contributed by atoms with van der Waals surface area (Å²) in [6.45, 7) is 6.67. The molecule has 0 atom stereocenters. The van der Waals surface area contributed by atoms with E-state index in [2.05, 4.69) is 5.32 Å². The lowest BCUT2D eigenvalue weighted by Gasteiger charge is -2.18. The van der Waals surface area contributed by atoms with E-state index >= 15 is 0 Å². The molecule has 0 aliphatic heterocycles. The minimum atomic E-state index is -3.55. The molecule has 8 heteroatoms. The number of sulfonamides is 1. The van der Waals surface area contributed by atoms with Crippen molar-refractivity contribution in [1.82, 2.24) is 9.62 Å². The predicted molar refractivity (Wildman–Crippen MR) is 121 cm³/mol. The van der Waals surface area contributed by atoms with Crippen LogP contribution in [0.2, 0.25) is 0 Å². The molecule has 2 aromatic rings. The van der Waals surface area contributed by atoms with Crippen molar-refractivity contribution in [2.24, 2.45) is 0 Å². The van der Waals surface area contributed by atoms with E-state index in [0.29, 0.717) is 30.9 Å². The quantitative estimate of drug-likeness (QED) is 0.425. The fourth-order valence-electron chi connectivity index (χ4n) is 2.84. The van der Waals surface area contributed by atoms with Gasteiger partial charge in [0.2, 0.25) is 10.0 Å². The molecule has 0 unspecified atom stereocenters. The first-order valence-electron chi connectivity index (χ1n) is 10.1. The van der Waals surface area contributed by atoms with Crippen LogP contribution in [0.15, 0.2) is 59.5 Å². The van der Waals surface area contributed by atoms with Crippen molar-refractivity contribution in [3.8, 4) is 5.75 Å². The average Bonchev–Trinajstić information content (AvgIpc) is 2.77. The van der Waals surface area contributed by atoms with Gasteiger partial charge in [-0.1, -0.05) is 32.1 Å². The molecule has 1 amide bonds. The minimum absolute atomic E-state index is 0.0541. The molecule has 1 N–H and O–H groups in total. The van der Waals surface area contributed by atoms with Crippen molar-refractivity contribution in [1.29, 1.82) is 0 Å². The van der Waals surface area contributed by atoms with E-state index in [1.165, 1.54) is 34.6 Å². The van der Waals surface area contributed by atoms with Crippen molar-refractivity contribution in [2.45, 2.75) is 25.7 Å². The molecule has 0 bridgehead atoms. The average molecular weight is 445 g/mol. The first-order valence-corrected chi connectivity index (χ1v) is 11.6. The number of carbonyl (C=O) groups is 2. The second-order valence-electron chi connectivity index (χ2n) is 6.62. The standard InChI is InChI=1S/C23H28N2O5S/c1-4-24-23(27)17-30-20-12-7-18(8-13-20)9-16-22(26)19-10-14-21(15-11-19)31(28,29)25(5-2)6-3/h7-16H,4-6,17H2,1-3H3,(H,24,27)/b16-9+. The normalized spacial score (nSPS) is 11.6. The molecule has 0 fully saturated rings. The number of nitrogens with zero attached hydrogens (tertiary/aromatic N) is 1. The van der Waals surface area contributed by atoms with Crippen LogP contribution in [0.5, 0.6) is 5.75 Å². The zero-order valence-corrected chi connectivity index (χ0v) is 18.8. The van der Waals surface area contributed by atoms with Crippen molar-refractivity contribution < 1.29 is 22.7 Å². The maximum Gasteiger partial charge on any atom is 0.257 e. The molecule has 0 spiro atoms. The van der Waals surface area contributed by atoms with Gasteiger partial charge in [0.05, 0.1) is 4.90 Å². The van der Waals surface area contributed by atoms with E-state index in [0.717, 1.165) is 5.56 Å². The molecule has 31 heavy (non-hydrogen) atoms. The fourth-order valence-corrected chi connectivity index (χ4v) is 4.30. The van der Waals surface area contributed by atoms with Crippen LogP contribution in [0.4, 0.5) is 0 Å². The largest absolute Gasteiger partial charge is 0.484 e. The Kier molecular flexibility index (Phi) is 8.96. The van der Waals surface area contributed by atoms with Crippen LogP contribution in [-0.2, 0) is 14.8 Å². The Hall–Kier alpha value is -2.97. The van der Waals surface area contributed by atoms with Gasteiger partial charge in [-0.3, -0.25) is 9.59 Å². The van der Waals surface area contributed by atoms with Gasteiger partial charge in [0.1, 0.15) is 5.75 Å². The summed E-state index contributed by atoms with van der Waals surface area (Å²) in [5, 5.41) is 2.65. The Labute approximate surface area is 183 Å². The third-order valence-corrected chi connectivity index (χ3v) is 6.60. The van der Waals surface area contributed by atoms with E-state index in [1.54, 1.807) is 44.2 Å². The van der Waals surface area contributed by atoms with Crippen LogP contribution in [0, 0.1) is 0 Å². The van der Waals surface area contributed by atoms with Crippen LogP contribution in [-0.4, -0.2) is 50.7 Å². The van der Waals surface area contributed by atoms with Gasteiger partial charge in [-0.05, 0) is 55.0 Å². The summed E-state index contributed by atoms with van der Waals surface area (Å²) >= 11 is 0. The van der Waals surface area contributed by atoms with Crippen LogP contribution in [0.3, 0.4) is 0 Å². The van der Waals surface area contributed by atoms with Crippen LogP contribution < -0.4 is 10.1 Å². The van der Waals surface area contributed by atoms with Gasteiger partial charge < -0.3 is 10.1 Å². The number of hydrogen-bond donors (Lipinski definition) is 1. The summed E-state index contributed by atoms with van der Waals surface area (Å²) in [5.74, 6) is 0.135. The number of allylic oxidation sites excluding steroid dienone is 1. The summed E-state index contributed by atoms with van der Waals surface area (Å²) < 4.78 is 31.8. The van der Waals surface area contributed by atoms with E-state index in [4.69, 9.17) is 4.74 Å². The molecule has 7 nitrogen and oxygen atoms in total. The predicted octanol–water partition coefficient (Wildman–Crippen LogP) is 3.13. The van der Waals surface area contributed by atoms with Gasteiger partial charge in [-0.2, -0.15) is 4.31 Å². The van der Waals surface area contributed by atoms with Gasteiger partial charge in [0.15, 0.2) is 12.4 Å². The highest BCUT2D eigenvalue weighted by atomic mass is 32.2. The molecule has 0 saturated heterocycles. The van der Waals surface area contributed by atoms with Gasteiger partial charge in [0, 0.05) is 25.2 Å². The first kappa shape index (κ1) is 24.3. The Morgan fingerprint density at radius 3 is 2.13 bits per heavy atom. The van der Waals surface area contributed by atoms with Gasteiger partial charge in [0.25, 0.3) is 5.91 Å². The number of ether oxygens (including phenoxy) is 1. The number of likely N-dealkylation sites (N-methyl/N-ethyl adjacent to an activating group) is 1. The SMILES string of the molecule is CCNC(=O)COc1ccc(/C=C/C(=O)c2ccc(S(=O)(=O)N(CC)CC)cc2)cc1. The molecular formula is C23H28N2O5S. The Balaban J connectivity index is 2.01. The van der Waals surface area contributed by atoms with Gasteiger partial charge >= 0.3 is 0 Å². The highest BCUT2D eigenvalue weighted by Gasteiger charge is 2.21. The van der Waals surface area contributed by atoms with E-state index < -0.39 is 10.0 Å². The number of rotatable bonds is 11. The highest BCUT2D eigenvalue weighted by Crippen LogP contribution is 2.17. The Bertz CT molecular complexity index is 1010. The topological polar surface area (TPSA) is 92.8 Å². The lowest BCUT2D eigenvalue weighted by Crippen LogP contribution is -2.30. The summed E-state index contributed by atoms with van der Waals surface area (Å²) in [6, 6.07) is 12.9. The number of ketones is 1. The fraction of sp³-hybridized carbons (Fsp3) is 0.304. The first-order chi connectivity index (χ1) is 14.8. The smallest absolute Gasteiger partial charge is 0.257 e. The number of nitrogens with one attached hydrogen (secondary N) is 1. The number of amides is 1. The summed E-state index contributed by atoms with van der Waals surface area (Å²) in [4.78, 5) is 24.0. The molecule has 2 rings (SSSR count). The molecule has 0 saturated carbocycles. The van der Waals surface area contributed by atoms with Crippen LogP contribution >= 0.6 is 0 Å². The molecule has 0 radical (unpaired) electrons. The van der Waals surface area contributed by atoms with Crippen molar-refractivity contribution in [2.75, 3.05) is 26.2 Å². The zero-order valence-electron chi connectivity index (χ0n) is 18.0. The number of carbonyl (C=O) groups excluding carboxylic acids is 2. The summed E-state index contributed by atoms with van der Waals surface area (Å²) in [5.41, 5.74) is 1.19. The summed E-state index contributed by atoms with van der Waals surface area (Å²) in [7, 11) is -3.55. The zero-order chi connectivity index (χ0) is 22.9. The molecule has 166 valence electrons. The molecular weight excluding hydrogens is 416 g/mol. The van der Waals surface area contributed by atoms with Crippen LogP contribution in [0.1, 0.15) is 36.7 Å². The molecule has 0 aliphatic carbocycles. The molecule has 0 aromatic heterocycles. The van der Waals surface area contributed by atoms with Crippen molar-refractivity contribution in [3.63, 3.8) is 0 Å². The van der Waals surface area contributed by atoms with E-state index in [-0.39, 0.29) is 23.2 Å². The number of hydrogen-bond acceptors (Lipinski definition) is 5. The monoisotopic (exact) mass is 444 g/mol.